The molecular formula is C13H15BrN2O2. The number of nitrogens with two attached hydrogens (primary N) is 1. The van der Waals surface area contributed by atoms with Crippen LogP contribution in [-0.4, -0.2) is 5.16 Å². The van der Waals surface area contributed by atoms with Crippen molar-refractivity contribution in [1.82, 2.24) is 5.16 Å². The third kappa shape index (κ3) is 3.11. The molecule has 18 heavy (non-hydrogen) atoms. The number of benzene rings is 1. The van der Waals surface area contributed by atoms with Gasteiger partial charge in [0.2, 0.25) is 0 Å². The van der Waals surface area contributed by atoms with Gasteiger partial charge in [-0.25, -0.2) is 0 Å². The van der Waals surface area contributed by atoms with E-state index in [2.05, 4.69) is 21.1 Å². The van der Waals surface area contributed by atoms with Crippen molar-refractivity contribution in [2.24, 2.45) is 5.73 Å². The second-order valence-electron chi connectivity index (χ2n) is 4.19. The third-order valence-corrected chi connectivity index (χ3v) is 3.01. The van der Waals surface area contributed by atoms with Crippen LogP contribution in [0.25, 0.3) is 0 Å². The fourth-order valence-electron chi connectivity index (χ4n) is 1.64. The quantitative estimate of drug-likeness (QED) is 0.940. The summed E-state index contributed by atoms with van der Waals surface area (Å²) in [5.74, 6) is 1.46. The van der Waals surface area contributed by atoms with Crippen LogP contribution in [0.4, 0.5) is 0 Å². The lowest BCUT2D eigenvalue weighted by Crippen LogP contribution is -2.08. The van der Waals surface area contributed by atoms with E-state index < -0.39 is 0 Å². The van der Waals surface area contributed by atoms with Crippen molar-refractivity contribution in [1.29, 1.82) is 0 Å². The van der Waals surface area contributed by atoms with Gasteiger partial charge in [-0.1, -0.05) is 27.2 Å². The van der Waals surface area contributed by atoms with Gasteiger partial charge in [-0.15, -0.1) is 0 Å². The lowest BCUT2D eigenvalue weighted by molar-refractivity contribution is 0.246. The zero-order valence-corrected chi connectivity index (χ0v) is 11.9. The zero-order chi connectivity index (χ0) is 13.1. The molecule has 0 saturated heterocycles. The van der Waals surface area contributed by atoms with Crippen molar-refractivity contribution in [3.05, 3.63) is 45.8 Å². The van der Waals surface area contributed by atoms with Crippen molar-refractivity contribution >= 4 is 15.9 Å². The highest BCUT2D eigenvalue weighted by Crippen LogP contribution is 2.28. The molecule has 0 unspecified atom stereocenters. The molecule has 2 N–H and O–H groups in total. The molecular weight excluding hydrogens is 296 g/mol. The molecule has 2 rings (SSSR count). The minimum atomic E-state index is -0.0791. The standard InChI is InChI=1S/C13H15BrN2O2/c1-8-5-11(18-16-8)7-17-13-6-10(14)3-4-12(13)9(2)15/h3-6,9H,7,15H2,1-2H3/t9-/m0/s1. The van der Waals surface area contributed by atoms with E-state index in [1.54, 1.807) is 0 Å². The lowest BCUT2D eigenvalue weighted by Gasteiger charge is -2.13. The lowest BCUT2D eigenvalue weighted by atomic mass is 10.1. The monoisotopic (exact) mass is 310 g/mol. The van der Waals surface area contributed by atoms with Crippen molar-refractivity contribution in [3.63, 3.8) is 0 Å². The molecule has 0 aliphatic carbocycles. The number of halogens is 1. The van der Waals surface area contributed by atoms with Crippen LogP contribution in [0.15, 0.2) is 33.3 Å². The fourth-order valence-corrected chi connectivity index (χ4v) is 1.98. The number of hydrogen-bond donors (Lipinski definition) is 1. The minimum absolute atomic E-state index is 0.0791. The maximum absolute atomic E-state index is 5.91. The van der Waals surface area contributed by atoms with Crippen LogP contribution in [0.2, 0.25) is 0 Å². The van der Waals surface area contributed by atoms with Crippen LogP contribution in [-0.2, 0) is 6.61 Å². The molecule has 2 aromatic rings. The zero-order valence-electron chi connectivity index (χ0n) is 10.3. The number of nitrogens with zero attached hydrogens (tertiary/aromatic N) is 1. The van der Waals surface area contributed by atoms with E-state index in [0.717, 1.165) is 21.5 Å². The summed E-state index contributed by atoms with van der Waals surface area (Å²) in [5.41, 5.74) is 7.72. The second kappa shape index (κ2) is 5.54. The molecule has 5 heteroatoms. The smallest absolute Gasteiger partial charge is 0.174 e. The van der Waals surface area contributed by atoms with Gasteiger partial charge in [0.1, 0.15) is 12.4 Å². The predicted octanol–water partition coefficient (Wildman–Crippen LogP) is 3.34. The van der Waals surface area contributed by atoms with Crippen LogP contribution >= 0.6 is 15.9 Å². The summed E-state index contributed by atoms with van der Waals surface area (Å²) in [4.78, 5) is 0. The molecule has 4 nitrogen and oxygen atoms in total. The summed E-state index contributed by atoms with van der Waals surface area (Å²) >= 11 is 3.42. The third-order valence-electron chi connectivity index (χ3n) is 2.51. The Hall–Kier alpha value is -1.33. The Balaban J connectivity index is 2.15. The van der Waals surface area contributed by atoms with Crippen molar-refractivity contribution < 1.29 is 9.26 Å². The Kier molecular flexibility index (Phi) is 4.04. The second-order valence-corrected chi connectivity index (χ2v) is 5.11. The molecule has 1 aromatic carbocycles. The number of ether oxygens (including phenoxy) is 1. The van der Waals surface area contributed by atoms with Crippen molar-refractivity contribution in [3.8, 4) is 5.75 Å². The molecule has 1 atom stereocenters. The molecule has 0 spiro atoms. The van der Waals surface area contributed by atoms with Gasteiger partial charge in [0.25, 0.3) is 0 Å². The Morgan fingerprint density at radius 2 is 2.22 bits per heavy atom. The first-order valence-electron chi connectivity index (χ1n) is 5.66. The molecule has 96 valence electrons. The van der Waals surface area contributed by atoms with Crippen LogP contribution in [0.1, 0.15) is 30.0 Å². The first kappa shape index (κ1) is 13.1. The summed E-state index contributed by atoms with van der Waals surface area (Å²) in [6.07, 6.45) is 0. The topological polar surface area (TPSA) is 61.3 Å². The number of rotatable bonds is 4. The maximum Gasteiger partial charge on any atom is 0.174 e. The van der Waals surface area contributed by atoms with Crippen LogP contribution < -0.4 is 10.5 Å². The molecule has 0 amide bonds. The Morgan fingerprint density at radius 3 is 2.83 bits per heavy atom. The van der Waals surface area contributed by atoms with E-state index >= 15 is 0 Å². The fraction of sp³-hybridized carbons (Fsp3) is 0.308. The average Bonchev–Trinajstić information content (AvgIpc) is 2.72. The van der Waals surface area contributed by atoms with Gasteiger partial charge in [0.05, 0.1) is 5.69 Å². The van der Waals surface area contributed by atoms with Gasteiger partial charge in [-0.3, -0.25) is 0 Å². The van der Waals surface area contributed by atoms with E-state index in [4.69, 9.17) is 15.0 Å². The molecule has 0 fully saturated rings. The maximum atomic E-state index is 5.91. The van der Waals surface area contributed by atoms with Gasteiger partial charge in [0, 0.05) is 22.1 Å². The van der Waals surface area contributed by atoms with Gasteiger partial charge in [-0.2, -0.15) is 0 Å². The number of hydrogen-bond acceptors (Lipinski definition) is 4. The highest BCUT2D eigenvalue weighted by molar-refractivity contribution is 9.10. The Morgan fingerprint density at radius 1 is 1.44 bits per heavy atom. The van der Waals surface area contributed by atoms with E-state index in [1.165, 1.54) is 0 Å². The van der Waals surface area contributed by atoms with Crippen molar-refractivity contribution in [2.75, 3.05) is 0 Å². The molecule has 0 aliphatic heterocycles. The number of aromatic nitrogens is 1. The van der Waals surface area contributed by atoms with E-state index in [1.807, 2.05) is 38.1 Å². The van der Waals surface area contributed by atoms with Gasteiger partial charge < -0.3 is 15.0 Å². The summed E-state index contributed by atoms with van der Waals surface area (Å²) in [6, 6.07) is 7.58. The van der Waals surface area contributed by atoms with E-state index in [0.29, 0.717) is 12.4 Å². The van der Waals surface area contributed by atoms with Crippen LogP contribution in [0.3, 0.4) is 0 Å². The molecule has 0 aliphatic rings. The summed E-state index contributed by atoms with van der Waals surface area (Å²) < 4.78 is 11.8. The Labute approximate surface area is 114 Å². The van der Waals surface area contributed by atoms with E-state index in [-0.39, 0.29) is 6.04 Å². The highest BCUT2D eigenvalue weighted by atomic mass is 79.9. The normalized spacial score (nSPS) is 12.4. The molecule has 1 heterocycles. The van der Waals surface area contributed by atoms with Gasteiger partial charge >= 0.3 is 0 Å². The van der Waals surface area contributed by atoms with Crippen LogP contribution in [0.5, 0.6) is 5.75 Å². The summed E-state index contributed by atoms with van der Waals surface area (Å²) in [7, 11) is 0. The predicted molar refractivity (Wildman–Crippen MR) is 72.3 cm³/mol. The van der Waals surface area contributed by atoms with Gasteiger partial charge in [-0.05, 0) is 26.0 Å². The van der Waals surface area contributed by atoms with E-state index in [9.17, 15) is 0 Å². The SMILES string of the molecule is Cc1cc(COc2cc(Br)ccc2[C@H](C)N)on1. The van der Waals surface area contributed by atoms with Crippen LogP contribution in [0, 0.1) is 6.92 Å². The summed E-state index contributed by atoms with van der Waals surface area (Å²) in [5, 5.41) is 3.82. The molecule has 0 saturated carbocycles. The molecule has 0 bridgehead atoms. The van der Waals surface area contributed by atoms with Crippen molar-refractivity contribution in [2.45, 2.75) is 26.5 Å². The van der Waals surface area contributed by atoms with Gasteiger partial charge in [0.15, 0.2) is 5.76 Å². The number of aryl methyl sites for hydroxylation is 1. The first-order chi connectivity index (χ1) is 8.56. The minimum Gasteiger partial charge on any atom is -0.485 e. The Bertz CT molecular complexity index is 538. The first-order valence-corrected chi connectivity index (χ1v) is 6.45. The molecule has 1 aromatic heterocycles. The molecule has 0 radical (unpaired) electrons. The summed E-state index contributed by atoms with van der Waals surface area (Å²) in [6.45, 7) is 4.14. The average molecular weight is 311 g/mol. The largest absolute Gasteiger partial charge is 0.485 e. The highest BCUT2D eigenvalue weighted by Gasteiger charge is 2.10.